The van der Waals surface area contributed by atoms with E-state index in [-0.39, 0.29) is 5.78 Å². The summed E-state index contributed by atoms with van der Waals surface area (Å²) in [5.41, 5.74) is 1.94. The largest absolute Gasteiger partial charge is 0.376 e. The second kappa shape index (κ2) is 4.47. The second-order valence-corrected chi connectivity index (χ2v) is 3.97. The molecule has 14 heavy (non-hydrogen) atoms. The third kappa shape index (κ3) is 2.74. The summed E-state index contributed by atoms with van der Waals surface area (Å²) in [6, 6.07) is 5.71. The molecule has 0 fully saturated rings. The predicted molar refractivity (Wildman–Crippen MR) is 60.2 cm³/mol. The van der Waals surface area contributed by atoms with Crippen molar-refractivity contribution in [2.24, 2.45) is 0 Å². The number of carbonyl (C=O) groups excluding carboxylic acids is 1. The van der Waals surface area contributed by atoms with Gasteiger partial charge in [0.15, 0.2) is 0 Å². The molecule has 0 aliphatic rings. The standard InChI is InChI=1S/C11H14ClNO/c1-8(14)6-9-4-5-11(13(2)3)10(12)7-9/h4-5,7H,6H2,1-3H3. The van der Waals surface area contributed by atoms with Gasteiger partial charge in [0.2, 0.25) is 0 Å². The molecule has 1 rings (SSSR count). The van der Waals surface area contributed by atoms with Crippen LogP contribution in [0.4, 0.5) is 5.69 Å². The number of nitrogens with zero attached hydrogens (tertiary/aromatic N) is 1. The van der Waals surface area contributed by atoms with Crippen molar-refractivity contribution in [3.05, 3.63) is 28.8 Å². The number of halogens is 1. The molecule has 0 atom stereocenters. The van der Waals surface area contributed by atoms with Crippen LogP contribution < -0.4 is 4.90 Å². The average Bonchev–Trinajstić information content (AvgIpc) is 2.01. The Morgan fingerprint density at radius 3 is 2.50 bits per heavy atom. The van der Waals surface area contributed by atoms with E-state index in [0.29, 0.717) is 11.4 Å². The van der Waals surface area contributed by atoms with Gasteiger partial charge in [-0.2, -0.15) is 0 Å². The number of anilines is 1. The number of hydrogen-bond donors (Lipinski definition) is 0. The highest BCUT2D eigenvalue weighted by Gasteiger charge is 2.04. The summed E-state index contributed by atoms with van der Waals surface area (Å²) >= 11 is 6.05. The number of hydrogen-bond acceptors (Lipinski definition) is 2. The van der Waals surface area contributed by atoms with Gasteiger partial charge >= 0.3 is 0 Å². The van der Waals surface area contributed by atoms with Gasteiger partial charge in [0.05, 0.1) is 10.7 Å². The maximum atomic E-state index is 10.9. The van der Waals surface area contributed by atoms with Gasteiger partial charge in [-0.3, -0.25) is 4.79 Å². The molecule has 0 saturated heterocycles. The van der Waals surface area contributed by atoms with Crippen molar-refractivity contribution >= 4 is 23.1 Å². The zero-order chi connectivity index (χ0) is 10.7. The van der Waals surface area contributed by atoms with Crippen LogP contribution in [0.5, 0.6) is 0 Å². The second-order valence-electron chi connectivity index (χ2n) is 3.56. The van der Waals surface area contributed by atoms with Crippen LogP contribution in [-0.4, -0.2) is 19.9 Å². The third-order valence-electron chi connectivity index (χ3n) is 1.95. The predicted octanol–water partition coefficient (Wildman–Crippen LogP) is 2.54. The van der Waals surface area contributed by atoms with Gasteiger partial charge in [0.25, 0.3) is 0 Å². The summed E-state index contributed by atoms with van der Waals surface area (Å²) in [6.07, 6.45) is 0.452. The van der Waals surface area contributed by atoms with Crippen molar-refractivity contribution in [1.82, 2.24) is 0 Å². The molecule has 0 aromatic heterocycles. The summed E-state index contributed by atoms with van der Waals surface area (Å²) in [5.74, 6) is 0.152. The van der Waals surface area contributed by atoms with Gasteiger partial charge < -0.3 is 4.90 Å². The van der Waals surface area contributed by atoms with E-state index in [4.69, 9.17) is 11.6 Å². The van der Waals surface area contributed by atoms with Gasteiger partial charge in [-0.25, -0.2) is 0 Å². The van der Waals surface area contributed by atoms with Crippen LogP contribution in [0.3, 0.4) is 0 Å². The molecule has 0 spiro atoms. The molecule has 0 N–H and O–H groups in total. The molecule has 0 aliphatic carbocycles. The lowest BCUT2D eigenvalue weighted by molar-refractivity contribution is -0.116. The lowest BCUT2D eigenvalue weighted by Gasteiger charge is -2.14. The van der Waals surface area contributed by atoms with Crippen LogP contribution in [-0.2, 0) is 11.2 Å². The topological polar surface area (TPSA) is 20.3 Å². The highest BCUT2D eigenvalue weighted by atomic mass is 35.5. The minimum Gasteiger partial charge on any atom is -0.376 e. The molecule has 0 saturated carbocycles. The Kier molecular flexibility index (Phi) is 3.53. The van der Waals surface area contributed by atoms with Gasteiger partial charge in [-0.15, -0.1) is 0 Å². The Labute approximate surface area is 89.5 Å². The zero-order valence-electron chi connectivity index (χ0n) is 8.67. The molecule has 0 heterocycles. The molecule has 0 unspecified atom stereocenters. The average molecular weight is 212 g/mol. The first-order valence-electron chi connectivity index (χ1n) is 4.46. The Bertz CT molecular complexity index is 347. The Morgan fingerprint density at radius 1 is 1.43 bits per heavy atom. The number of rotatable bonds is 3. The fourth-order valence-corrected chi connectivity index (χ4v) is 1.68. The van der Waals surface area contributed by atoms with E-state index in [2.05, 4.69) is 0 Å². The maximum Gasteiger partial charge on any atom is 0.134 e. The highest BCUT2D eigenvalue weighted by molar-refractivity contribution is 6.33. The van der Waals surface area contributed by atoms with Crippen molar-refractivity contribution < 1.29 is 4.79 Å². The lowest BCUT2D eigenvalue weighted by atomic mass is 10.1. The number of benzene rings is 1. The van der Waals surface area contributed by atoms with E-state index >= 15 is 0 Å². The monoisotopic (exact) mass is 211 g/mol. The number of ketones is 1. The molecule has 1 aromatic rings. The van der Waals surface area contributed by atoms with E-state index in [1.54, 1.807) is 6.92 Å². The summed E-state index contributed by atoms with van der Waals surface area (Å²) in [5, 5.41) is 0.689. The van der Waals surface area contributed by atoms with Gasteiger partial charge in [-0.05, 0) is 24.6 Å². The van der Waals surface area contributed by atoms with Crippen LogP contribution in [0.25, 0.3) is 0 Å². The minimum atomic E-state index is 0.152. The van der Waals surface area contributed by atoms with Crippen molar-refractivity contribution in [2.75, 3.05) is 19.0 Å². The van der Waals surface area contributed by atoms with Gasteiger partial charge in [-0.1, -0.05) is 17.7 Å². The normalized spacial score (nSPS) is 10.0. The van der Waals surface area contributed by atoms with Crippen LogP contribution in [0, 0.1) is 0 Å². The van der Waals surface area contributed by atoms with Gasteiger partial charge in [0.1, 0.15) is 5.78 Å². The lowest BCUT2D eigenvalue weighted by Crippen LogP contribution is -2.09. The first-order valence-corrected chi connectivity index (χ1v) is 4.83. The molecule has 0 amide bonds. The van der Waals surface area contributed by atoms with Crippen LogP contribution in [0.1, 0.15) is 12.5 Å². The van der Waals surface area contributed by atoms with Crippen LogP contribution >= 0.6 is 11.6 Å². The fourth-order valence-electron chi connectivity index (χ4n) is 1.31. The Hall–Kier alpha value is -1.02. The van der Waals surface area contributed by atoms with E-state index < -0.39 is 0 Å². The van der Waals surface area contributed by atoms with Crippen molar-refractivity contribution in [3.63, 3.8) is 0 Å². The van der Waals surface area contributed by atoms with E-state index in [1.807, 2.05) is 37.2 Å². The SMILES string of the molecule is CC(=O)Cc1ccc(N(C)C)c(Cl)c1. The molecule has 1 aromatic carbocycles. The highest BCUT2D eigenvalue weighted by Crippen LogP contribution is 2.25. The van der Waals surface area contributed by atoms with E-state index in [0.717, 1.165) is 11.3 Å². The Morgan fingerprint density at radius 2 is 2.07 bits per heavy atom. The molecule has 76 valence electrons. The van der Waals surface area contributed by atoms with Crippen LogP contribution in [0.15, 0.2) is 18.2 Å². The van der Waals surface area contributed by atoms with E-state index in [9.17, 15) is 4.79 Å². The van der Waals surface area contributed by atoms with Crippen LogP contribution in [0.2, 0.25) is 5.02 Å². The van der Waals surface area contributed by atoms with Crippen molar-refractivity contribution in [3.8, 4) is 0 Å². The number of Topliss-reactive ketones (excluding diaryl/α,β-unsaturated/α-hetero) is 1. The Balaban J connectivity index is 2.94. The van der Waals surface area contributed by atoms with Crippen molar-refractivity contribution in [1.29, 1.82) is 0 Å². The first kappa shape index (κ1) is 11.1. The summed E-state index contributed by atoms with van der Waals surface area (Å²) in [4.78, 5) is 12.8. The maximum absolute atomic E-state index is 10.9. The first-order chi connectivity index (χ1) is 6.50. The molecular formula is C11H14ClNO. The smallest absolute Gasteiger partial charge is 0.134 e. The van der Waals surface area contributed by atoms with E-state index in [1.165, 1.54) is 0 Å². The molecule has 0 aliphatic heterocycles. The van der Waals surface area contributed by atoms with Crippen molar-refractivity contribution in [2.45, 2.75) is 13.3 Å². The zero-order valence-corrected chi connectivity index (χ0v) is 9.43. The molecule has 0 bridgehead atoms. The number of carbonyl (C=O) groups is 1. The van der Waals surface area contributed by atoms with Gasteiger partial charge in [0, 0.05) is 20.5 Å². The third-order valence-corrected chi connectivity index (χ3v) is 2.25. The molecule has 3 heteroatoms. The summed E-state index contributed by atoms with van der Waals surface area (Å²) in [6.45, 7) is 1.58. The quantitative estimate of drug-likeness (QED) is 0.766. The molecule has 0 radical (unpaired) electrons. The molecular weight excluding hydrogens is 198 g/mol. The molecule has 2 nitrogen and oxygen atoms in total. The fraction of sp³-hybridized carbons (Fsp3) is 0.364. The summed E-state index contributed by atoms with van der Waals surface area (Å²) < 4.78 is 0. The summed E-state index contributed by atoms with van der Waals surface area (Å²) in [7, 11) is 3.87. The minimum absolute atomic E-state index is 0.152.